The Morgan fingerprint density at radius 3 is 2.62 bits per heavy atom. The number of carboxylic acids is 1. The smallest absolute Gasteiger partial charge is 0.320 e. The first-order valence-corrected chi connectivity index (χ1v) is 8.56. The van der Waals surface area contributed by atoms with Gasteiger partial charge in [-0.2, -0.15) is 0 Å². The zero-order valence-electron chi connectivity index (χ0n) is 13.8. The highest BCUT2D eigenvalue weighted by Gasteiger charge is 2.31. The number of amides is 1. The molecular formula is C17H24N4O3. The molecule has 0 bridgehead atoms. The minimum atomic E-state index is -0.774. The Labute approximate surface area is 141 Å². The maximum Gasteiger partial charge on any atom is 0.320 e. The van der Waals surface area contributed by atoms with Gasteiger partial charge in [-0.25, -0.2) is 4.98 Å². The summed E-state index contributed by atoms with van der Waals surface area (Å²) in [6.45, 7) is 4.26. The molecule has 7 heteroatoms. The van der Waals surface area contributed by atoms with E-state index in [0.717, 1.165) is 31.9 Å². The van der Waals surface area contributed by atoms with Crippen molar-refractivity contribution < 1.29 is 14.7 Å². The van der Waals surface area contributed by atoms with Crippen molar-refractivity contribution in [2.45, 2.75) is 25.3 Å². The first-order chi connectivity index (χ1) is 11.6. The predicted molar refractivity (Wildman–Crippen MR) is 89.9 cm³/mol. The first kappa shape index (κ1) is 16.7. The van der Waals surface area contributed by atoms with E-state index in [2.05, 4.69) is 9.88 Å². The summed E-state index contributed by atoms with van der Waals surface area (Å²) < 4.78 is 0. The quantitative estimate of drug-likeness (QED) is 0.854. The lowest BCUT2D eigenvalue weighted by molar-refractivity contribution is -0.143. The maximum atomic E-state index is 12.4. The topological polar surface area (TPSA) is 77.0 Å². The van der Waals surface area contributed by atoms with E-state index < -0.39 is 12.0 Å². The summed E-state index contributed by atoms with van der Waals surface area (Å²) in [6, 6.07) is 5.43. The van der Waals surface area contributed by atoms with Crippen LogP contribution < -0.4 is 4.90 Å². The minimum absolute atomic E-state index is 0.117. The van der Waals surface area contributed by atoms with Crippen molar-refractivity contribution in [2.75, 3.05) is 44.2 Å². The summed E-state index contributed by atoms with van der Waals surface area (Å²) in [7, 11) is 0. The van der Waals surface area contributed by atoms with Gasteiger partial charge in [0.15, 0.2) is 0 Å². The second-order valence-electron chi connectivity index (χ2n) is 6.34. The van der Waals surface area contributed by atoms with Gasteiger partial charge in [-0.05, 0) is 31.5 Å². The number of rotatable bonds is 5. The van der Waals surface area contributed by atoms with Gasteiger partial charge < -0.3 is 14.9 Å². The van der Waals surface area contributed by atoms with Crippen molar-refractivity contribution in [3.8, 4) is 0 Å². The average molecular weight is 332 g/mol. The number of hydrogen-bond donors (Lipinski definition) is 1. The maximum absolute atomic E-state index is 12.4. The van der Waals surface area contributed by atoms with Crippen LogP contribution in [0.5, 0.6) is 0 Å². The zero-order chi connectivity index (χ0) is 16.9. The van der Waals surface area contributed by atoms with E-state index in [1.807, 2.05) is 28.0 Å². The zero-order valence-corrected chi connectivity index (χ0v) is 13.8. The van der Waals surface area contributed by atoms with Crippen molar-refractivity contribution in [1.82, 2.24) is 14.8 Å². The third-order valence-electron chi connectivity index (χ3n) is 4.87. The Morgan fingerprint density at radius 1 is 1.17 bits per heavy atom. The predicted octanol–water partition coefficient (Wildman–Crippen LogP) is 0.669. The number of anilines is 1. The lowest BCUT2D eigenvalue weighted by Crippen LogP contribution is -2.49. The number of likely N-dealkylation sites (tertiary alicyclic amines) is 1. The highest BCUT2D eigenvalue weighted by atomic mass is 16.4. The summed E-state index contributed by atoms with van der Waals surface area (Å²) in [5.74, 6) is 0.293. The van der Waals surface area contributed by atoms with E-state index in [-0.39, 0.29) is 5.91 Å². The fourth-order valence-electron chi connectivity index (χ4n) is 3.50. The summed E-state index contributed by atoms with van der Waals surface area (Å²) in [6.07, 6.45) is 3.76. The van der Waals surface area contributed by atoms with Crippen LogP contribution in [-0.4, -0.2) is 77.1 Å². The molecule has 0 aromatic carbocycles. The number of aliphatic carboxylic acids is 1. The molecule has 2 aliphatic heterocycles. The second-order valence-corrected chi connectivity index (χ2v) is 6.34. The van der Waals surface area contributed by atoms with E-state index in [0.29, 0.717) is 32.5 Å². The van der Waals surface area contributed by atoms with Crippen LogP contribution in [0.4, 0.5) is 5.82 Å². The van der Waals surface area contributed by atoms with Gasteiger partial charge >= 0.3 is 5.97 Å². The van der Waals surface area contributed by atoms with E-state index in [9.17, 15) is 14.7 Å². The minimum Gasteiger partial charge on any atom is -0.480 e. The van der Waals surface area contributed by atoms with Crippen LogP contribution in [0.2, 0.25) is 0 Å². The highest BCUT2D eigenvalue weighted by molar-refractivity contribution is 5.77. The van der Waals surface area contributed by atoms with E-state index in [4.69, 9.17) is 0 Å². The first-order valence-electron chi connectivity index (χ1n) is 8.56. The standard InChI is InChI=1S/C17H24N4O3/c22-16(6-9-19-8-3-4-14(19)17(23)24)21-12-10-20(11-13-21)15-5-1-2-7-18-15/h1-2,5,7,14H,3-4,6,8-13H2,(H,23,24). The van der Waals surface area contributed by atoms with Crippen molar-refractivity contribution >= 4 is 17.7 Å². The summed E-state index contributed by atoms with van der Waals surface area (Å²) in [5.41, 5.74) is 0. The van der Waals surface area contributed by atoms with E-state index in [1.54, 1.807) is 6.20 Å². The molecule has 7 nitrogen and oxygen atoms in total. The molecule has 3 rings (SSSR count). The molecule has 24 heavy (non-hydrogen) atoms. The molecule has 2 fully saturated rings. The molecule has 1 atom stereocenters. The Morgan fingerprint density at radius 2 is 1.96 bits per heavy atom. The molecule has 2 aliphatic rings. The number of carbonyl (C=O) groups excluding carboxylic acids is 1. The Hall–Kier alpha value is -2.15. The van der Waals surface area contributed by atoms with Crippen LogP contribution >= 0.6 is 0 Å². The average Bonchev–Trinajstić information content (AvgIpc) is 3.09. The normalized spacial score (nSPS) is 21.9. The fraction of sp³-hybridized carbons (Fsp3) is 0.588. The molecule has 0 saturated carbocycles. The fourth-order valence-corrected chi connectivity index (χ4v) is 3.50. The van der Waals surface area contributed by atoms with Gasteiger partial charge in [-0.3, -0.25) is 14.5 Å². The molecule has 1 amide bonds. The van der Waals surface area contributed by atoms with Gasteiger partial charge in [-0.15, -0.1) is 0 Å². The van der Waals surface area contributed by atoms with Crippen LogP contribution in [0, 0.1) is 0 Å². The second kappa shape index (κ2) is 7.61. The molecule has 0 spiro atoms. The number of nitrogens with zero attached hydrogens (tertiary/aromatic N) is 4. The van der Waals surface area contributed by atoms with Crippen molar-refractivity contribution in [1.29, 1.82) is 0 Å². The lowest BCUT2D eigenvalue weighted by atomic mass is 10.2. The van der Waals surface area contributed by atoms with Gasteiger partial charge in [0.05, 0.1) is 0 Å². The van der Waals surface area contributed by atoms with E-state index in [1.165, 1.54) is 0 Å². The van der Waals surface area contributed by atoms with Gasteiger partial charge in [0, 0.05) is 45.3 Å². The monoisotopic (exact) mass is 332 g/mol. The number of carbonyl (C=O) groups is 2. The highest BCUT2D eigenvalue weighted by Crippen LogP contribution is 2.18. The molecule has 1 aromatic rings. The number of pyridine rings is 1. The molecule has 3 heterocycles. The summed E-state index contributed by atoms with van der Waals surface area (Å²) in [4.78, 5) is 33.9. The summed E-state index contributed by atoms with van der Waals surface area (Å²) >= 11 is 0. The Balaban J connectivity index is 1.45. The SMILES string of the molecule is O=C(O)C1CCCN1CCC(=O)N1CCN(c2ccccn2)CC1. The molecule has 0 aliphatic carbocycles. The third-order valence-corrected chi connectivity index (χ3v) is 4.87. The number of aromatic nitrogens is 1. The van der Waals surface area contributed by atoms with Crippen molar-refractivity contribution in [3.05, 3.63) is 24.4 Å². The van der Waals surface area contributed by atoms with Crippen LogP contribution in [0.25, 0.3) is 0 Å². The number of piperazine rings is 1. The molecular weight excluding hydrogens is 308 g/mol. The molecule has 1 unspecified atom stereocenters. The van der Waals surface area contributed by atoms with Crippen molar-refractivity contribution in [3.63, 3.8) is 0 Å². The number of carboxylic acid groups (broad SMARTS) is 1. The van der Waals surface area contributed by atoms with Crippen LogP contribution in [0.3, 0.4) is 0 Å². The Bertz CT molecular complexity index is 572. The largest absolute Gasteiger partial charge is 0.480 e. The summed E-state index contributed by atoms with van der Waals surface area (Å²) in [5, 5.41) is 9.19. The van der Waals surface area contributed by atoms with Crippen molar-refractivity contribution in [2.24, 2.45) is 0 Å². The molecule has 2 saturated heterocycles. The van der Waals surface area contributed by atoms with Gasteiger partial charge in [0.1, 0.15) is 11.9 Å². The van der Waals surface area contributed by atoms with Gasteiger partial charge in [0.2, 0.25) is 5.91 Å². The van der Waals surface area contributed by atoms with Crippen LogP contribution in [0.15, 0.2) is 24.4 Å². The molecule has 1 aromatic heterocycles. The number of hydrogen-bond acceptors (Lipinski definition) is 5. The van der Waals surface area contributed by atoms with Crippen LogP contribution in [-0.2, 0) is 9.59 Å². The molecule has 0 radical (unpaired) electrons. The van der Waals surface area contributed by atoms with Gasteiger partial charge in [0.25, 0.3) is 0 Å². The Kier molecular flexibility index (Phi) is 5.30. The van der Waals surface area contributed by atoms with E-state index >= 15 is 0 Å². The lowest BCUT2D eigenvalue weighted by Gasteiger charge is -2.35. The van der Waals surface area contributed by atoms with Crippen LogP contribution in [0.1, 0.15) is 19.3 Å². The molecule has 1 N–H and O–H groups in total. The van der Waals surface area contributed by atoms with Gasteiger partial charge in [-0.1, -0.05) is 6.07 Å². The third kappa shape index (κ3) is 3.84. The molecule has 130 valence electrons.